The van der Waals surface area contributed by atoms with Crippen molar-refractivity contribution in [2.75, 3.05) is 53.2 Å². The number of carbonyl (C=O) groups excluding carboxylic acids is 1. The lowest BCUT2D eigenvalue weighted by molar-refractivity contribution is -0.123. The molecule has 4 rings (SSSR count). The van der Waals surface area contributed by atoms with Crippen molar-refractivity contribution >= 4 is 28.5 Å². The summed E-state index contributed by atoms with van der Waals surface area (Å²) in [5.74, 6) is 2.11. The maximum absolute atomic E-state index is 12.8. The second-order valence-corrected chi connectivity index (χ2v) is 10.6. The first-order valence-corrected chi connectivity index (χ1v) is 13.5. The number of aliphatic hydroxyl groups is 1. The van der Waals surface area contributed by atoms with Crippen molar-refractivity contribution in [3.63, 3.8) is 0 Å². The number of ether oxygens (including phenoxy) is 4. The summed E-state index contributed by atoms with van der Waals surface area (Å²) in [6, 6.07) is 6.86. The van der Waals surface area contributed by atoms with E-state index >= 15 is 0 Å². The Labute approximate surface area is 220 Å². The van der Waals surface area contributed by atoms with Gasteiger partial charge in [-0.15, -0.1) is 0 Å². The molecule has 2 heterocycles. The lowest BCUT2D eigenvalue weighted by Gasteiger charge is -2.33. The quantitative estimate of drug-likeness (QED) is 0.317. The van der Waals surface area contributed by atoms with Gasteiger partial charge in [-0.05, 0) is 73.8 Å². The van der Waals surface area contributed by atoms with Crippen LogP contribution < -0.4 is 14.8 Å². The Hall–Kier alpha value is -1.82. The van der Waals surface area contributed by atoms with Crippen LogP contribution in [0.2, 0.25) is 0 Å². The summed E-state index contributed by atoms with van der Waals surface area (Å²) in [5.41, 5.74) is 2.03. The molecule has 1 aromatic carbocycles. The number of hydrogen-bond donors (Lipinski definition) is 2. The Bertz CT molecular complexity index is 913. The van der Waals surface area contributed by atoms with Gasteiger partial charge in [-0.2, -0.15) is 0 Å². The number of methoxy groups -OCH3 is 1. The number of nitrogens with zero attached hydrogens (tertiary/aromatic N) is 1. The molecule has 1 saturated heterocycles. The molecule has 0 spiro atoms. The summed E-state index contributed by atoms with van der Waals surface area (Å²) in [4.78, 5) is 15.2. The molecule has 1 aliphatic carbocycles. The van der Waals surface area contributed by atoms with Crippen LogP contribution in [0.15, 0.2) is 47.2 Å². The van der Waals surface area contributed by atoms with E-state index < -0.39 is 12.1 Å². The summed E-state index contributed by atoms with van der Waals surface area (Å²) >= 11 is 2.37. The first-order chi connectivity index (χ1) is 17.0. The van der Waals surface area contributed by atoms with Gasteiger partial charge in [0.1, 0.15) is 23.9 Å². The fourth-order valence-electron chi connectivity index (χ4n) is 4.64. The maximum Gasteiger partial charge on any atom is 0.223 e. The van der Waals surface area contributed by atoms with Gasteiger partial charge in [-0.1, -0.05) is 22.6 Å². The fraction of sp³-hybridized carbons (Fsp3) is 0.577. The minimum atomic E-state index is -0.800. The Morgan fingerprint density at radius 3 is 2.71 bits per heavy atom. The number of carbonyl (C=O) groups is 1. The third-order valence-corrected chi connectivity index (χ3v) is 7.73. The molecule has 1 amide bonds. The molecular weight excluding hydrogens is 563 g/mol. The van der Waals surface area contributed by atoms with E-state index in [1.807, 2.05) is 30.3 Å². The molecule has 2 aliphatic heterocycles. The zero-order valence-corrected chi connectivity index (χ0v) is 22.4. The summed E-state index contributed by atoms with van der Waals surface area (Å²) in [7, 11) is 1.62. The minimum Gasteiger partial charge on any atom is -0.497 e. The summed E-state index contributed by atoms with van der Waals surface area (Å²) in [6.45, 7) is 4.49. The van der Waals surface area contributed by atoms with Crippen molar-refractivity contribution in [2.24, 2.45) is 0 Å². The number of aliphatic hydroxyl groups excluding tert-OH is 1. The number of hydrogen-bond acceptors (Lipinski definition) is 7. The summed E-state index contributed by atoms with van der Waals surface area (Å²) < 4.78 is 22.5. The first kappa shape index (κ1) is 26.2. The molecule has 0 saturated carbocycles. The van der Waals surface area contributed by atoms with Gasteiger partial charge in [0, 0.05) is 10.5 Å². The number of likely N-dealkylation sites (tertiary alicyclic amines) is 1. The van der Waals surface area contributed by atoms with E-state index in [9.17, 15) is 9.90 Å². The Morgan fingerprint density at radius 1 is 1.23 bits per heavy atom. The molecule has 2 N–H and O–H groups in total. The van der Waals surface area contributed by atoms with Gasteiger partial charge in [-0.3, -0.25) is 4.79 Å². The summed E-state index contributed by atoms with van der Waals surface area (Å²) in [5, 5.41) is 14.6. The van der Waals surface area contributed by atoms with Gasteiger partial charge in [0.25, 0.3) is 0 Å². The van der Waals surface area contributed by atoms with Gasteiger partial charge < -0.3 is 34.3 Å². The van der Waals surface area contributed by atoms with E-state index in [0.29, 0.717) is 32.1 Å². The molecule has 1 fully saturated rings. The highest BCUT2D eigenvalue weighted by Crippen LogP contribution is 2.34. The van der Waals surface area contributed by atoms with Gasteiger partial charge in [-0.25, -0.2) is 0 Å². The average Bonchev–Trinajstić information content (AvgIpc) is 3.27. The van der Waals surface area contributed by atoms with Gasteiger partial charge in [0.15, 0.2) is 0 Å². The molecule has 3 aliphatic rings. The van der Waals surface area contributed by atoms with E-state index in [-0.39, 0.29) is 22.9 Å². The molecule has 9 heteroatoms. The lowest BCUT2D eigenvalue weighted by Crippen LogP contribution is -2.51. The second-order valence-electron chi connectivity index (χ2n) is 9.09. The van der Waals surface area contributed by atoms with E-state index in [2.05, 4.69) is 32.8 Å². The van der Waals surface area contributed by atoms with Crippen molar-refractivity contribution in [1.82, 2.24) is 10.2 Å². The number of allylic oxidation sites excluding steroid dienone is 1. The van der Waals surface area contributed by atoms with Crippen molar-refractivity contribution in [3.8, 4) is 11.5 Å². The highest BCUT2D eigenvalue weighted by Gasteiger charge is 2.34. The molecule has 1 unspecified atom stereocenters. The predicted octanol–water partition coefficient (Wildman–Crippen LogP) is 2.84. The number of benzene rings is 1. The molecular formula is C26H35IN2O6. The zero-order chi connectivity index (χ0) is 24.6. The van der Waals surface area contributed by atoms with Gasteiger partial charge in [0.05, 0.1) is 45.5 Å². The van der Waals surface area contributed by atoms with E-state index in [1.54, 1.807) is 7.11 Å². The van der Waals surface area contributed by atoms with Crippen LogP contribution in [0, 0.1) is 0 Å². The van der Waals surface area contributed by atoms with E-state index in [4.69, 9.17) is 18.9 Å². The van der Waals surface area contributed by atoms with Gasteiger partial charge in [0.2, 0.25) is 5.91 Å². The standard InChI is InChI=1S/C26H35IN2O6/c1-32-19-4-6-20(7-5-19)34-11-8-25(30)28-23(16-29-9-2-3-10-29)26(31)21-15-24-18(14-22(21)27)17-33-12-13-35-24/h4-7,15,22-23,26,31H,2-3,8-14,16-17H2,1H3,(H,28,30)/t22?,23-,26-/m0/s1. The topological polar surface area (TPSA) is 89.5 Å². The SMILES string of the molecule is COc1ccc(OCCC(=O)N[C@@H](CN2CCCC2)[C@@H](O)C2=CC3=C(COCCO3)CC2I)cc1. The highest BCUT2D eigenvalue weighted by atomic mass is 127. The number of nitrogens with one attached hydrogen (secondary N) is 1. The van der Waals surface area contributed by atoms with Crippen LogP contribution >= 0.6 is 22.6 Å². The Balaban J connectivity index is 1.39. The molecule has 192 valence electrons. The smallest absolute Gasteiger partial charge is 0.223 e. The Morgan fingerprint density at radius 2 is 1.97 bits per heavy atom. The van der Waals surface area contributed by atoms with Crippen LogP contribution in [0.3, 0.4) is 0 Å². The maximum atomic E-state index is 12.8. The molecule has 8 nitrogen and oxygen atoms in total. The van der Waals surface area contributed by atoms with Crippen LogP contribution in [0.1, 0.15) is 25.7 Å². The minimum absolute atomic E-state index is 0.114. The zero-order valence-electron chi connectivity index (χ0n) is 20.2. The lowest BCUT2D eigenvalue weighted by atomic mass is 9.90. The van der Waals surface area contributed by atoms with E-state index in [1.165, 1.54) is 0 Å². The van der Waals surface area contributed by atoms with Crippen LogP contribution in [0.5, 0.6) is 11.5 Å². The van der Waals surface area contributed by atoms with Crippen molar-refractivity contribution in [2.45, 2.75) is 41.8 Å². The largest absolute Gasteiger partial charge is 0.497 e. The molecule has 0 radical (unpaired) electrons. The number of rotatable bonds is 10. The van der Waals surface area contributed by atoms with E-state index in [0.717, 1.165) is 55.0 Å². The van der Waals surface area contributed by atoms with Gasteiger partial charge >= 0.3 is 0 Å². The second kappa shape index (κ2) is 12.9. The number of halogens is 1. The molecule has 1 aromatic rings. The Kier molecular flexibility index (Phi) is 9.70. The van der Waals surface area contributed by atoms with Crippen molar-refractivity contribution in [1.29, 1.82) is 0 Å². The van der Waals surface area contributed by atoms with Crippen LogP contribution in [0.25, 0.3) is 0 Å². The molecule has 0 aromatic heterocycles. The number of amides is 1. The van der Waals surface area contributed by atoms with Crippen molar-refractivity contribution in [3.05, 3.63) is 47.2 Å². The third kappa shape index (κ3) is 7.34. The molecule has 0 bridgehead atoms. The van der Waals surface area contributed by atoms with Crippen LogP contribution in [0.4, 0.5) is 0 Å². The normalized spacial score (nSPS) is 22.4. The monoisotopic (exact) mass is 598 g/mol. The highest BCUT2D eigenvalue weighted by molar-refractivity contribution is 14.1. The van der Waals surface area contributed by atoms with Crippen molar-refractivity contribution < 1.29 is 28.8 Å². The fourth-order valence-corrected chi connectivity index (χ4v) is 5.72. The van der Waals surface area contributed by atoms with Crippen LogP contribution in [-0.4, -0.2) is 85.2 Å². The average molecular weight is 598 g/mol. The third-order valence-electron chi connectivity index (χ3n) is 6.57. The molecule has 3 atom stereocenters. The number of alkyl halides is 1. The molecule has 35 heavy (non-hydrogen) atoms. The summed E-state index contributed by atoms with van der Waals surface area (Å²) in [6.07, 6.45) is 4.44. The van der Waals surface area contributed by atoms with Crippen LogP contribution in [-0.2, 0) is 14.3 Å². The first-order valence-electron chi connectivity index (χ1n) is 12.3. The predicted molar refractivity (Wildman–Crippen MR) is 141 cm³/mol.